The fourth-order valence-electron chi connectivity index (χ4n) is 2.45. The van der Waals surface area contributed by atoms with Crippen molar-refractivity contribution in [2.24, 2.45) is 5.92 Å². The summed E-state index contributed by atoms with van der Waals surface area (Å²) in [4.78, 5) is 0. The molecule has 15 heavy (non-hydrogen) atoms. The van der Waals surface area contributed by atoms with Crippen molar-refractivity contribution in [3.63, 3.8) is 0 Å². The maximum atomic E-state index is 6.47. The molecule has 1 saturated carbocycles. The molecular weight excluding hydrogens is 315 g/mol. The highest BCUT2D eigenvalue weighted by Gasteiger charge is 2.40. The second-order valence-corrected chi connectivity index (χ2v) is 10.8. The lowest BCUT2D eigenvalue weighted by atomic mass is 9.76. The van der Waals surface area contributed by atoms with E-state index in [0.29, 0.717) is 5.92 Å². The topological polar surface area (TPSA) is 9.23 Å². The molecular formula is C12H23IOSi. The molecule has 88 valence electrons. The molecule has 2 atom stereocenters. The number of hydrogen-bond acceptors (Lipinski definition) is 1. The van der Waals surface area contributed by atoms with Crippen molar-refractivity contribution in [3.05, 3.63) is 10.2 Å². The molecule has 3 heteroatoms. The standard InChI is InChI=1S/C12H23IOSi/c1-11-7-5-6-8-12(11,9-10-13)14-15(2,3)4/h9-11H,5-8H2,1-4H3. The molecule has 1 aliphatic rings. The van der Waals surface area contributed by atoms with Crippen LogP contribution in [-0.4, -0.2) is 13.9 Å². The van der Waals surface area contributed by atoms with Crippen LogP contribution in [0.2, 0.25) is 19.6 Å². The van der Waals surface area contributed by atoms with Gasteiger partial charge in [0.15, 0.2) is 8.32 Å². The lowest BCUT2D eigenvalue weighted by Crippen LogP contribution is -2.47. The Morgan fingerprint density at radius 2 is 2.00 bits per heavy atom. The van der Waals surface area contributed by atoms with Gasteiger partial charge in [0.2, 0.25) is 0 Å². The van der Waals surface area contributed by atoms with Gasteiger partial charge < -0.3 is 4.43 Å². The van der Waals surface area contributed by atoms with Crippen LogP contribution in [0.15, 0.2) is 10.2 Å². The molecule has 0 aromatic carbocycles. The van der Waals surface area contributed by atoms with Crippen LogP contribution in [0.5, 0.6) is 0 Å². The van der Waals surface area contributed by atoms with Gasteiger partial charge in [-0.2, -0.15) is 0 Å². The van der Waals surface area contributed by atoms with E-state index in [9.17, 15) is 0 Å². The van der Waals surface area contributed by atoms with Crippen LogP contribution in [-0.2, 0) is 4.43 Å². The van der Waals surface area contributed by atoms with Gasteiger partial charge in [0, 0.05) is 0 Å². The van der Waals surface area contributed by atoms with Gasteiger partial charge in [0.25, 0.3) is 0 Å². The first kappa shape index (κ1) is 13.7. The zero-order chi connectivity index (χ0) is 11.5. The molecule has 0 radical (unpaired) electrons. The second kappa shape index (κ2) is 5.32. The highest BCUT2D eigenvalue weighted by molar-refractivity contribution is 14.1. The van der Waals surface area contributed by atoms with E-state index in [-0.39, 0.29) is 5.60 Å². The van der Waals surface area contributed by atoms with Gasteiger partial charge in [-0.15, -0.1) is 0 Å². The first-order valence-corrected chi connectivity index (χ1v) is 10.5. The van der Waals surface area contributed by atoms with Gasteiger partial charge in [-0.3, -0.25) is 0 Å². The summed E-state index contributed by atoms with van der Waals surface area (Å²) in [5.41, 5.74) is 0.0455. The zero-order valence-electron chi connectivity index (χ0n) is 10.3. The summed E-state index contributed by atoms with van der Waals surface area (Å²) in [6.07, 6.45) is 7.50. The van der Waals surface area contributed by atoms with E-state index in [1.54, 1.807) is 0 Å². The molecule has 0 heterocycles. The Labute approximate surface area is 109 Å². The van der Waals surface area contributed by atoms with Crippen LogP contribution < -0.4 is 0 Å². The van der Waals surface area contributed by atoms with Crippen LogP contribution in [0.1, 0.15) is 32.6 Å². The molecule has 0 saturated heterocycles. The summed E-state index contributed by atoms with van der Waals surface area (Å²) in [6.45, 7) is 9.21. The minimum absolute atomic E-state index is 0.0455. The largest absolute Gasteiger partial charge is 0.408 e. The summed E-state index contributed by atoms with van der Waals surface area (Å²) in [7, 11) is -1.45. The van der Waals surface area contributed by atoms with Crippen molar-refractivity contribution >= 4 is 30.9 Å². The maximum Gasteiger partial charge on any atom is 0.184 e. The van der Waals surface area contributed by atoms with E-state index in [4.69, 9.17) is 4.43 Å². The Hall–Kier alpha value is 0.647. The maximum absolute atomic E-state index is 6.47. The minimum Gasteiger partial charge on any atom is -0.408 e. The number of rotatable bonds is 3. The molecule has 1 fully saturated rings. The van der Waals surface area contributed by atoms with Gasteiger partial charge in [-0.25, -0.2) is 0 Å². The fourth-order valence-corrected chi connectivity index (χ4v) is 4.57. The molecule has 0 amide bonds. The van der Waals surface area contributed by atoms with Crippen LogP contribution in [0.25, 0.3) is 0 Å². The van der Waals surface area contributed by atoms with Crippen LogP contribution in [0.3, 0.4) is 0 Å². The first-order valence-electron chi connectivity index (χ1n) is 5.88. The van der Waals surface area contributed by atoms with E-state index in [0.717, 1.165) is 0 Å². The Kier molecular flexibility index (Phi) is 4.86. The van der Waals surface area contributed by atoms with Crippen molar-refractivity contribution in [3.8, 4) is 0 Å². The summed E-state index contributed by atoms with van der Waals surface area (Å²) >= 11 is 2.32. The normalized spacial score (nSPS) is 33.5. The molecule has 1 nitrogen and oxygen atoms in total. The van der Waals surface area contributed by atoms with Crippen molar-refractivity contribution in [1.29, 1.82) is 0 Å². The van der Waals surface area contributed by atoms with Crippen LogP contribution in [0, 0.1) is 5.92 Å². The third kappa shape index (κ3) is 3.86. The van der Waals surface area contributed by atoms with Crippen LogP contribution >= 0.6 is 22.6 Å². The van der Waals surface area contributed by atoms with Crippen molar-refractivity contribution in [2.45, 2.75) is 57.8 Å². The zero-order valence-corrected chi connectivity index (χ0v) is 13.5. The average Bonchev–Trinajstić information content (AvgIpc) is 2.08. The Balaban J connectivity index is 2.85. The summed E-state index contributed by atoms with van der Waals surface area (Å²) in [6, 6.07) is 0. The Morgan fingerprint density at radius 1 is 1.33 bits per heavy atom. The van der Waals surface area contributed by atoms with Gasteiger partial charge >= 0.3 is 0 Å². The molecule has 0 N–H and O–H groups in total. The predicted molar refractivity (Wildman–Crippen MR) is 78.0 cm³/mol. The molecule has 0 aromatic heterocycles. The van der Waals surface area contributed by atoms with Gasteiger partial charge in [-0.1, -0.05) is 42.4 Å². The highest BCUT2D eigenvalue weighted by atomic mass is 127. The first-order chi connectivity index (χ1) is 6.90. The summed E-state index contributed by atoms with van der Waals surface area (Å²) < 4.78 is 8.60. The quantitative estimate of drug-likeness (QED) is 0.534. The third-order valence-corrected chi connectivity index (χ3v) is 4.48. The summed E-state index contributed by atoms with van der Waals surface area (Å²) in [5.74, 6) is 0.670. The van der Waals surface area contributed by atoms with Crippen molar-refractivity contribution in [2.75, 3.05) is 0 Å². The fraction of sp³-hybridized carbons (Fsp3) is 0.833. The van der Waals surface area contributed by atoms with Crippen molar-refractivity contribution < 1.29 is 4.43 Å². The minimum atomic E-state index is -1.45. The molecule has 0 bridgehead atoms. The van der Waals surface area contributed by atoms with Crippen LogP contribution in [0.4, 0.5) is 0 Å². The van der Waals surface area contributed by atoms with Gasteiger partial charge in [0.1, 0.15) is 0 Å². The summed E-state index contributed by atoms with van der Waals surface area (Å²) in [5, 5.41) is 0. The lowest BCUT2D eigenvalue weighted by molar-refractivity contribution is 0.0210. The van der Waals surface area contributed by atoms with E-state index < -0.39 is 8.32 Å². The molecule has 0 aliphatic heterocycles. The van der Waals surface area contributed by atoms with Crippen molar-refractivity contribution in [1.82, 2.24) is 0 Å². The molecule has 0 spiro atoms. The molecule has 1 rings (SSSR count). The molecule has 1 aliphatic carbocycles. The number of hydrogen-bond donors (Lipinski definition) is 0. The smallest absolute Gasteiger partial charge is 0.184 e. The van der Waals surface area contributed by atoms with E-state index in [1.165, 1.54) is 25.7 Å². The second-order valence-electron chi connectivity index (χ2n) is 5.61. The lowest BCUT2D eigenvalue weighted by Gasteiger charge is -2.44. The van der Waals surface area contributed by atoms with Gasteiger partial charge in [0.05, 0.1) is 5.60 Å². The SMILES string of the molecule is CC1CCCCC1(C=CI)O[Si](C)(C)C. The van der Waals surface area contributed by atoms with Gasteiger partial charge in [-0.05, 0) is 48.6 Å². The molecule has 0 aromatic rings. The number of halogens is 1. The average molecular weight is 338 g/mol. The Morgan fingerprint density at radius 3 is 2.47 bits per heavy atom. The van der Waals surface area contributed by atoms with E-state index >= 15 is 0 Å². The third-order valence-electron chi connectivity index (χ3n) is 3.13. The van der Waals surface area contributed by atoms with E-state index in [2.05, 4.69) is 59.3 Å². The monoisotopic (exact) mass is 338 g/mol. The highest BCUT2D eigenvalue weighted by Crippen LogP contribution is 2.40. The molecule has 2 unspecified atom stereocenters. The van der Waals surface area contributed by atoms with E-state index in [1.807, 2.05) is 0 Å². The Bertz CT molecular complexity index is 234. The predicted octanol–water partition coefficient (Wildman–Crippen LogP) is 4.74.